The van der Waals surface area contributed by atoms with Crippen LogP contribution < -0.4 is 0 Å². The van der Waals surface area contributed by atoms with E-state index in [1.54, 1.807) is 24.4 Å². The van der Waals surface area contributed by atoms with Gasteiger partial charge in [0.2, 0.25) is 0 Å². The van der Waals surface area contributed by atoms with Crippen LogP contribution in [0.15, 0.2) is 24.4 Å². The van der Waals surface area contributed by atoms with Crippen LogP contribution >= 0.6 is 23.2 Å². The molecular weight excluding hydrogens is 271 g/mol. The highest BCUT2D eigenvalue weighted by molar-refractivity contribution is 6.36. The lowest BCUT2D eigenvalue weighted by atomic mass is 9.96. The summed E-state index contributed by atoms with van der Waals surface area (Å²) < 4.78 is 1.04. The van der Waals surface area contributed by atoms with Gasteiger partial charge in [-0.25, -0.2) is 4.98 Å². The van der Waals surface area contributed by atoms with E-state index < -0.39 is 0 Å². The third kappa shape index (κ3) is 2.47. The SMILES string of the molecule is CC(C)(C)c1nc(-c2ccc(Cl)cc2Cl)cn1O. The summed E-state index contributed by atoms with van der Waals surface area (Å²) in [5.74, 6) is 0.587. The monoisotopic (exact) mass is 284 g/mol. The van der Waals surface area contributed by atoms with Crippen LogP contribution in [0.2, 0.25) is 10.0 Å². The summed E-state index contributed by atoms with van der Waals surface area (Å²) in [7, 11) is 0. The number of imidazole rings is 1. The fraction of sp³-hybridized carbons (Fsp3) is 0.308. The molecule has 1 N–H and O–H groups in total. The lowest BCUT2D eigenvalue weighted by Gasteiger charge is -2.15. The van der Waals surface area contributed by atoms with Crippen molar-refractivity contribution in [3.05, 3.63) is 40.3 Å². The van der Waals surface area contributed by atoms with E-state index in [1.807, 2.05) is 20.8 Å². The van der Waals surface area contributed by atoms with Gasteiger partial charge in [-0.1, -0.05) is 44.0 Å². The molecule has 0 saturated carbocycles. The molecule has 2 rings (SSSR count). The maximum Gasteiger partial charge on any atom is 0.150 e. The molecule has 0 spiro atoms. The first-order chi connectivity index (χ1) is 8.29. The van der Waals surface area contributed by atoms with Crippen molar-refractivity contribution < 1.29 is 5.21 Å². The minimum atomic E-state index is -0.244. The third-order valence-electron chi connectivity index (χ3n) is 2.57. The first-order valence-electron chi connectivity index (χ1n) is 5.53. The summed E-state index contributed by atoms with van der Waals surface area (Å²) in [6, 6.07) is 5.20. The Bertz CT molecular complexity index is 585. The molecule has 0 aliphatic rings. The summed E-state index contributed by atoms with van der Waals surface area (Å²) in [4.78, 5) is 4.43. The van der Waals surface area contributed by atoms with Crippen LogP contribution in [-0.4, -0.2) is 14.9 Å². The zero-order valence-corrected chi connectivity index (χ0v) is 11.9. The Kier molecular flexibility index (Phi) is 3.30. The number of rotatable bonds is 1. The summed E-state index contributed by atoms with van der Waals surface area (Å²) in [5, 5.41) is 10.9. The standard InChI is InChI=1S/C13H14Cl2N2O/c1-13(2,3)12-16-11(7-17(12)18)9-5-4-8(14)6-10(9)15/h4-7,18H,1-3H3. The van der Waals surface area contributed by atoms with Crippen molar-refractivity contribution in [2.75, 3.05) is 0 Å². The van der Waals surface area contributed by atoms with Gasteiger partial charge in [0.25, 0.3) is 0 Å². The molecule has 96 valence electrons. The van der Waals surface area contributed by atoms with Gasteiger partial charge in [-0.15, -0.1) is 0 Å². The lowest BCUT2D eigenvalue weighted by molar-refractivity contribution is 0.164. The topological polar surface area (TPSA) is 38.0 Å². The van der Waals surface area contributed by atoms with Gasteiger partial charge < -0.3 is 5.21 Å². The van der Waals surface area contributed by atoms with Gasteiger partial charge in [-0.2, -0.15) is 4.73 Å². The van der Waals surface area contributed by atoms with Gasteiger partial charge in [0.05, 0.1) is 16.9 Å². The quantitative estimate of drug-likeness (QED) is 0.789. The zero-order valence-electron chi connectivity index (χ0n) is 10.4. The highest BCUT2D eigenvalue weighted by Crippen LogP contribution is 2.31. The van der Waals surface area contributed by atoms with Gasteiger partial charge in [-0.05, 0) is 18.2 Å². The van der Waals surface area contributed by atoms with Gasteiger partial charge in [-0.3, -0.25) is 0 Å². The third-order valence-corrected chi connectivity index (χ3v) is 3.11. The van der Waals surface area contributed by atoms with E-state index in [9.17, 15) is 5.21 Å². The van der Waals surface area contributed by atoms with Crippen LogP contribution in [0, 0.1) is 0 Å². The fourth-order valence-electron chi connectivity index (χ4n) is 1.71. The number of halogens is 2. The Morgan fingerprint density at radius 2 is 1.89 bits per heavy atom. The van der Waals surface area contributed by atoms with Crippen LogP contribution in [0.3, 0.4) is 0 Å². The Morgan fingerprint density at radius 3 is 2.39 bits per heavy atom. The molecular formula is C13H14Cl2N2O. The molecule has 5 heteroatoms. The average molecular weight is 285 g/mol. The summed E-state index contributed by atoms with van der Waals surface area (Å²) in [5.41, 5.74) is 1.13. The van der Waals surface area contributed by atoms with Crippen LogP contribution in [0.25, 0.3) is 11.3 Å². The average Bonchev–Trinajstić information content (AvgIpc) is 2.59. The molecule has 0 radical (unpaired) electrons. The molecule has 0 unspecified atom stereocenters. The first kappa shape index (κ1) is 13.2. The van der Waals surface area contributed by atoms with E-state index in [-0.39, 0.29) is 5.41 Å². The highest BCUT2D eigenvalue weighted by Gasteiger charge is 2.22. The fourth-order valence-corrected chi connectivity index (χ4v) is 2.21. The van der Waals surface area contributed by atoms with E-state index in [1.165, 1.54) is 0 Å². The number of nitrogens with zero attached hydrogens (tertiary/aromatic N) is 2. The highest BCUT2D eigenvalue weighted by atomic mass is 35.5. The zero-order chi connectivity index (χ0) is 13.5. The van der Waals surface area contributed by atoms with Crippen LogP contribution in [0.5, 0.6) is 0 Å². The predicted molar refractivity (Wildman–Crippen MR) is 73.6 cm³/mol. The van der Waals surface area contributed by atoms with Crippen LogP contribution in [0.4, 0.5) is 0 Å². The molecule has 2 aromatic rings. The first-order valence-corrected chi connectivity index (χ1v) is 6.29. The van der Waals surface area contributed by atoms with Crippen molar-refractivity contribution in [2.24, 2.45) is 0 Å². The molecule has 0 saturated heterocycles. The van der Waals surface area contributed by atoms with Crippen molar-refractivity contribution in [1.29, 1.82) is 0 Å². The van der Waals surface area contributed by atoms with Crippen molar-refractivity contribution >= 4 is 23.2 Å². The maximum atomic E-state index is 9.86. The van der Waals surface area contributed by atoms with Crippen LogP contribution in [-0.2, 0) is 5.41 Å². The molecule has 3 nitrogen and oxygen atoms in total. The van der Waals surface area contributed by atoms with Gasteiger partial charge in [0.15, 0.2) is 5.82 Å². The number of aromatic nitrogens is 2. The van der Waals surface area contributed by atoms with E-state index in [4.69, 9.17) is 23.2 Å². The molecule has 0 atom stereocenters. The minimum absolute atomic E-state index is 0.244. The molecule has 1 heterocycles. The van der Waals surface area contributed by atoms with E-state index in [0.29, 0.717) is 21.6 Å². The number of benzene rings is 1. The Labute approximate surface area is 116 Å². The minimum Gasteiger partial charge on any atom is -0.427 e. The second-order valence-corrected chi connectivity index (χ2v) is 6.01. The Morgan fingerprint density at radius 1 is 1.22 bits per heavy atom. The normalized spacial score (nSPS) is 11.8. The number of hydrogen-bond donors (Lipinski definition) is 1. The summed E-state index contributed by atoms with van der Waals surface area (Å²) >= 11 is 12.0. The van der Waals surface area contributed by atoms with Gasteiger partial charge in [0.1, 0.15) is 0 Å². The van der Waals surface area contributed by atoms with Crippen LogP contribution in [0.1, 0.15) is 26.6 Å². The van der Waals surface area contributed by atoms with E-state index in [2.05, 4.69) is 4.98 Å². The van der Waals surface area contributed by atoms with Crippen molar-refractivity contribution in [3.8, 4) is 11.3 Å². The Balaban J connectivity index is 2.53. The van der Waals surface area contributed by atoms with Crippen molar-refractivity contribution in [2.45, 2.75) is 26.2 Å². The summed E-state index contributed by atoms with van der Waals surface area (Å²) in [6.45, 7) is 5.94. The molecule has 0 aliphatic carbocycles. The molecule has 0 bridgehead atoms. The smallest absolute Gasteiger partial charge is 0.150 e. The second-order valence-electron chi connectivity index (χ2n) is 5.17. The van der Waals surface area contributed by atoms with Crippen molar-refractivity contribution in [1.82, 2.24) is 9.71 Å². The second kappa shape index (κ2) is 4.48. The Hall–Kier alpha value is -1.19. The van der Waals surface area contributed by atoms with Gasteiger partial charge in [0, 0.05) is 16.0 Å². The van der Waals surface area contributed by atoms with Crippen molar-refractivity contribution in [3.63, 3.8) is 0 Å². The number of hydrogen-bond acceptors (Lipinski definition) is 2. The largest absolute Gasteiger partial charge is 0.427 e. The molecule has 0 fully saturated rings. The van der Waals surface area contributed by atoms with E-state index in [0.717, 1.165) is 10.3 Å². The molecule has 1 aromatic heterocycles. The molecule has 0 aliphatic heterocycles. The molecule has 18 heavy (non-hydrogen) atoms. The maximum absolute atomic E-state index is 9.86. The molecule has 0 amide bonds. The lowest BCUT2D eigenvalue weighted by Crippen LogP contribution is -2.17. The predicted octanol–water partition coefficient (Wildman–Crippen LogP) is 4.39. The summed E-state index contributed by atoms with van der Waals surface area (Å²) in [6.07, 6.45) is 1.55. The van der Waals surface area contributed by atoms with Gasteiger partial charge >= 0.3 is 0 Å². The molecule has 1 aromatic carbocycles. The van der Waals surface area contributed by atoms with E-state index >= 15 is 0 Å².